The summed E-state index contributed by atoms with van der Waals surface area (Å²) in [6.07, 6.45) is 13.1. The first-order valence-corrected chi connectivity index (χ1v) is 13.0. The normalized spacial score (nSPS) is 22.2. The molecule has 0 unspecified atom stereocenters. The third kappa shape index (κ3) is 9.44. The average molecular weight is 482 g/mol. The Hall–Kier alpha value is -1.81. The van der Waals surface area contributed by atoms with E-state index < -0.39 is 36.8 Å². The van der Waals surface area contributed by atoms with Crippen molar-refractivity contribution in [2.75, 3.05) is 11.9 Å². The second kappa shape index (κ2) is 16.0. The van der Waals surface area contributed by atoms with Crippen LogP contribution in [0.2, 0.25) is 0 Å². The largest absolute Gasteiger partial charge is 0.394 e. The van der Waals surface area contributed by atoms with Gasteiger partial charge in [0.1, 0.15) is 24.1 Å². The molecule has 1 aromatic rings. The third-order valence-electron chi connectivity index (χ3n) is 6.40. The van der Waals surface area contributed by atoms with Gasteiger partial charge in [0, 0.05) is 12.6 Å². The van der Waals surface area contributed by atoms with Crippen molar-refractivity contribution in [3.8, 4) is 0 Å². The van der Waals surface area contributed by atoms with Crippen molar-refractivity contribution in [2.24, 2.45) is 0 Å². The molecule has 194 valence electrons. The number of anilines is 1. The molecule has 0 spiro atoms. The Bertz CT molecular complexity index is 771. The van der Waals surface area contributed by atoms with E-state index in [1.807, 2.05) is 0 Å². The lowest BCUT2D eigenvalue weighted by molar-refractivity contribution is -0.116. The number of aromatic nitrogens is 2. The first-order valence-electron chi connectivity index (χ1n) is 13.0. The zero-order valence-electron chi connectivity index (χ0n) is 20.5. The zero-order valence-corrected chi connectivity index (χ0v) is 20.5. The van der Waals surface area contributed by atoms with Gasteiger partial charge in [0.05, 0.1) is 6.61 Å². The van der Waals surface area contributed by atoms with Crippen molar-refractivity contribution in [1.29, 1.82) is 0 Å². The van der Waals surface area contributed by atoms with Crippen LogP contribution in [0.25, 0.3) is 0 Å². The van der Waals surface area contributed by atoms with Gasteiger partial charge in [0.15, 0.2) is 6.23 Å². The Morgan fingerprint density at radius 1 is 0.971 bits per heavy atom. The Labute approximate surface area is 202 Å². The van der Waals surface area contributed by atoms with Gasteiger partial charge in [0.2, 0.25) is 5.91 Å². The van der Waals surface area contributed by atoms with Gasteiger partial charge >= 0.3 is 5.69 Å². The van der Waals surface area contributed by atoms with Crippen molar-refractivity contribution >= 4 is 11.7 Å². The Morgan fingerprint density at radius 3 is 2.03 bits per heavy atom. The van der Waals surface area contributed by atoms with Gasteiger partial charge in [-0.05, 0) is 12.5 Å². The predicted octanol–water partition coefficient (Wildman–Crippen LogP) is 3.27. The first kappa shape index (κ1) is 28.4. The molecule has 0 radical (unpaired) electrons. The van der Waals surface area contributed by atoms with Crippen molar-refractivity contribution in [3.63, 3.8) is 0 Å². The number of unbranched alkanes of at least 4 members (excludes halogenated alkanes) is 12. The maximum absolute atomic E-state index is 12.3. The van der Waals surface area contributed by atoms with Crippen LogP contribution in [0, 0.1) is 0 Å². The van der Waals surface area contributed by atoms with Crippen LogP contribution in [-0.4, -0.2) is 55.7 Å². The van der Waals surface area contributed by atoms with E-state index in [0.29, 0.717) is 6.42 Å². The molecule has 34 heavy (non-hydrogen) atoms. The fraction of sp³-hybridized carbons (Fsp3) is 0.800. The van der Waals surface area contributed by atoms with Gasteiger partial charge < -0.3 is 25.4 Å². The summed E-state index contributed by atoms with van der Waals surface area (Å²) in [5.74, 6) is -0.0617. The summed E-state index contributed by atoms with van der Waals surface area (Å²) in [7, 11) is 0. The standard InChI is InChI=1S/C25H43N3O6/c1-2-3-4-5-6-7-8-9-10-11-12-13-14-15-21(30)26-20-16-17-28(25(33)27-20)24-23(32)22(31)19(18-29)34-24/h16-17,19,22-24,29,31-32H,2-15,18H2,1H3,(H,26,27,30,33)/t19-,22-,23+,24-/m1/s1. The van der Waals surface area contributed by atoms with Gasteiger partial charge in [-0.2, -0.15) is 4.98 Å². The summed E-state index contributed by atoms with van der Waals surface area (Å²) < 4.78 is 6.37. The van der Waals surface area contributed by atoms with Crippen LogP contribution < -0.4 is 11.0 Å². The molecule has 9 heteroatoms. The molecule has 2 rings (SSSR count). The highest BCUT2D eigenvalue weighted by molar-refractivity contribution is 5.89. The first-order chi connectivity index (χ1) is 16.5. The smallest absolute Gasteiger partial charge is 0.351 e. The number of nitrogens with zero attached hydrogens (tertiary/aromatic N) is 2. The fourth-order valence-corrected chi connectivity index (χ4v) is 4.29. The number of carbonyl (C=O) groups is 1. The maximum atomic E-state index is 12.3. The van der Waals surface area contributed by atoms with Crippen molar-refractivity contribution in [3.05, 3.63) is 22.7 Å². The highest BCUT2D eigenvalue weighted by Gasteiger charge is 2.43. The quantitative estimate of drug-likeness (QED) is 0.251. The monoisotopic (exact) mass is 481 g/mol. The lowest BCUT2D eigenvalue weighted by atomic mass is 10.0. The number of hydrogen-bond acceptors (Lipinski definition) is 7. The van der Waals surface area contributed by atoms with E-state index >= 15 is 0 Å². The molecule has 9 nitrogen and oxygen atoms in total. The molecular weight excluding hydrogens is 438 g/mol. The number of nitrogens with one attached hydrogen (secondary N) is 1. The molecule has 1 fully saturated rings. The third-order valence-corrected chi connectivity index (χ3v) is 6.40. The van der Waals surface area contributed by atoms with Crippen molar-refractivity contribution < 1.29 is 24.9 Å². The molecule has 4 N–H and O–H groups in total. The second-order valence-electron chi connectivity index (χ2n) is 9.27. The average Bonchev–Trinajstić information content (AvgIpc) is 3.10. The van der Waals surface area contributed by atoms with E-state index in [2.05, 4.69) is 17.2 Å². The highest BCUT2D eigenvalue weighted by Crippen LogP contribution is 2.28. The molecule has 0 saturated carbocycles. The summed E-state index contributed by atoms with van der Waals surface area (Å²) in [4.78, 5) is 28.3. The molecule has 1 saturated heterocycles. The molecule has 1 amide bonds. The van der Waals surface area contributed by atoms with E-state index in [1.54, 1.807) is 0 Å². The Balaban J connectivity index is 1.58. The summed E-state index contributed by atoms with van der Waals surface area (Å²) in [5, 5.41) is 31.7. The molecule has 1 aliphatic rings. The number of ether oxygens (including phenoxy) is 1. The van der Waals surface area contributed by atoms with E-state index in [9.17, 15) is 24.9 Å². The van der Waals surface area contributed by atoms with E-state index in [-0.39, 0.29) is 11.7 Å². The van der Waals surface area contributed by atoms with Crippen molar-refractivity contribution in [2.45, 2.75) is 121 Å². The number of hydrogen-bond donors (Lipinski definition) is 4. The molecule has 1 aromatic heterocycles. The summed E-state index contributed by atoms with van der Waals surface area (Å²) >= 11 is 0. The lowest BCUT2D eigenvalue weighted by Gasteiger charge is -2.17. The number of rotatable bonds is 17. The van der Waals surface area contributed by atoms with E-state index in [4.69, 9.17) is 4.74 Å². The van der Waals surface area contributed by atoms with Crippen LogP contribution in [-0.2, 0) is 9.53 Å². The van der Waals surface area contributed by atoms with Crippen molar-refractivity contribution in [1.82, 2.24) is 9.55 Å². The minimum absolute atomic E-state index is 0.132. The lowest BCUT2D eigenvalue weighted by Crippen LogP contribution is -2.36. The molecule has 2 heterocycles. The van der Waals surface area contributed by atoms with E-state index in [1.165, 1.54) is 76.5 Å². The number of aliphatic hydroxyl groups is 3. The molecule has 0 aromatic carbocycles. The van der Waals surface area contributed by atoms with Gasteiger partial charge in [-0.15, -0.1) is 0 Å². The van der Waals surface area contributed by atoms with Crippen LogP contribution in [0.5, 0.6) is 0 Å². The SMILES string of the molecule is CCCCCCCCCCCCCCCC(=O)Nc1ccn([C@@H]2O[C@H](CO)[C@@H](O)[C@@H]2O)c(=O)n1. The molecule has 0 aliphatic carbocycles. The van der Waals surface area contributed by atoms with Crippen LogP contribution in [0.3, 0.4) is 0 Å². The Kier molecular flexibility index (Phi) is 13.4. The summed E-state index contributed by atoms with van der Waals surface area (Å²) in [6.45, 7) is 1.76. The topological polar surface area (TPSA) is 134 Å². The molecule has 0 bridgehead atoms. The van der Waals surface area contributed by atoms with Crippen LogP contribution in [0.4, 0.5) is 5.82 Å². The van der Waals surface area contributed by atoms with Crippen LogP contribution >= 0.6 is 0 Å². The number of aliphatic hydroxyl groups excluding tert-OH is 3. The number of amides is 1. The minimum atomic E-state index is -1.37. The fourth-order valence-electron chi connectivity index (χ4n) is 4.29. The molecular formula is C25H43N3O6. The van der Waals surface area contributed by atoms with Gasteiger partial charge in [0.25, 0.3) is 0 Å². The second-order valence-corrected chi connectivity index (χ2v) is 9.27. The Morgan fingerprint density at radius 2 is 1.53 bits per heavy atom. The predicted molar refractivity (Wildman–Crippen MR) is 130 cm³/mol. The molecule has 1 aliphatic heterocycles. The highest BCUT2D eigenvalue weighted by atomic mass is 16.6. The summed E-state index contributed by atoms with van der Waals surface area (Å²) in [5.41, 5.74) is -0.728. The van der Waals surface area contributed by atoms with Gasteiger partial charge in [-0.3, -0.25) is 9.36 Å². The van der Waals surface area contributed by atoms with Crippen LogP contribution in [0.15, 0.2) is 17.1 Å². The maximum Gasteiger partial charge on any atom is 0.351 e. The van der Waals surface area contributed by atoms with Gasteiger partial charge in [-0.1, -0.05) is 84.0 Å². The number of carbonyl (C=O) groups excluding carboxylic acids is 1. The van der Waals surface area contributed by atoms with Crippen LogP contribution in [0.1, 0.15) is 103 Å². The molecule has 4 atom stereocenters. The zero-order chi connectivity index (χ0) is 24.8. The minimum Gasteiger partial charge on any atom is -0.394 e. The van der Waals surface area contributed by atoms with E-state index in [0.717, 1.165) is 23.8 Å². The van der Waals surface area contributed by atoms with Gasteiger partial charge in [-0.25, -0.2) is 4.79 Å². The summed E-state index contributed by atoms with van der Waals surface area (Å²) in [6, 6.07) is 1.44.